The van der Waals surface area contributed by atoms with Gasteiger partial charge in [0.1, 0.15) is 5.82 Å². The van der Waals surface area contributed by atoms with Crippen LogP contribution in [0.1, 0.15) is 29.9 Å². The second-order valence-corrected chi connectivity index (χ2v) is 8.16. The first kappa shape index (κ1) is 19.6. The molecule has 0 atom stereocenters. The van der Waals surface area contributed by atoms with Crippen molar-refractivity contribution in [3.05, 3.63) is 81.3 Å². The van der Waals surface area contributed by atoms with Gasteiger partial charge in [-0.15, -0.1) is 0 Å². The van der Waals surface area contributed by atoms with Crippen LogP contribution in [0.3, 0.4) is 0 Å². The van der Waals surface area contributed by atoms with E-state index in [2.05, 4.69) is 20.9 Å². The molecule has 1 aromatic carbocycles. The number of aromatic nitrogens is 3. The fourth-order valence-electron chi connectivity index (χ4n) is 4.18. The molecule has 1 saturated heterocycles. The predicted octanol–water partition coefficient (Wildman–Crippen LogP) is 4.36. The summed E-state index contributed by atoms with van der Waals surface area (Å²) in [5, 5.41) is 0.667. The van der Waals surface area contributed by atoms with Crippen LogP contribution in [0.4, 0.5) is 5.69 Å². The Morgan fingerprint density at radius 3 is 2.59 bits per heavy atom. The molecular formula is C23H25ClN4O. The minimum atomic E-state index is -0.0879. The summed E-state index contributed by atoms with van der Waals surface area (Å²) in [4.78, 5) is 23.4. The van der Waals surface area contributed by atoms with Crippen molar-refractivity contribution in [2.45, 2.75) is 33.1 Å². The largest absolute Gasteiger partial charge is 0.370 e. The lowest BCUT2D eigenvalue weighted by Crippen LogP contribution is -2.34. The number of rotatable bonds is 4. The molecule has 0 spiro atoms. The van der Waals surface area contributed by atoms with Gasteiger partial charge in [0.05, 0.1) is 16.4 Å². The topological polar surface area (TPSA) is 51.0 Å². The number of aryl methyl sites for hydroxylation is 2. The van der Waals surface area contributed by atoms with E-state index in [-0.39, 0.29) is 5.56 Å². The van der Waals surface area contributed by atoms with Gasteiger partial charge in [-0.2, -0.15) is 0 Å². The SMILES string of the molecule is Cc1cc(=O)n(-c2ccc(N3CCC(Cc4cccnc4)CC3)c(Cl)c2)c(C)n1. The van der Waals surface area contributed by atoms with Gasteiger partial charge in [0.15, 0.2) is 0 Å². The fourth-order valence-corrected chi connectivity index (χ4v) is 4.47. The second-order valence-electron chi connectivity index (χ2n) is 7.75. The molecule has 4 rings (SSSR count). The van der Waals surface area contributed by atoms with Crippen LogP contribution < -0.4 is 10.5 Å². The number of benzene rings is 1. The molecule has 0 amide bonds. The van der Waals surface area contributed by atoms with Gasteiger partial charge >= 0.3 is 0 Å². The van der Waals surface area contributed by atoms with Crippen LogP contribution in [0.25, 0.3) is 5.69 Å². The molecule has 0 saturated carbocycles. The van der Waals surface area contributed by atoms with Gasteiger partial charge in [-0.25, -0.2) is 4.98 Å². The lowest BCUT2D eigenvalue weighted by molar-refractivity contribution is 0.403. The third-order valence-corrected chi connectivity index (χ3v) is 5.91. The summed E-state index contributed by atoms with van der Waals surface area (Å²) >= 11 is 6.63. The van der Waals surface area contributed by atoms with E-state index in [0.29, 0.717) is 16.8 Å². The molecule has 150 valence electrons. The van der Waals surface area contributed by atoms with Crippen molar-refractivity contribution < 1.29 is 0 Å². The van der Waals surface area contributed by atoms with Gasteiger partial charge in [-0.3, -0.25) is 14.3 Å². The molecule has 0 aliphatic carbocycles. The summed E-state index contributed by atoms with van der Waals surface area (Å²) in [6.07, 6.45) is 7.13. The molecule has 3 aromatic rings. The Morgan fingerprint density at radius 1 is 1.14 bits per heavy atom. The normalized spacial score (nSPS) is 14.9. The van der Waals surface area contributed by atoms with Gasteiger partial charge < -0.3 is 4.90 Å². The van der Waals surface area contributed by atoms with Crippen LogP contribution in [-0.4, -0.2) is 27.6 Å². The van der Waals surface area contributed by atoms with Crippen LogP contribution in [0, 0.1) is 19.8 Å². The number of halogens is 1. The third kappa shape index (κ3) is 4.35. The molecule has 29 heavy (non-hydrogen) atoms. The van der Waals surface area contributed by atoms with E-state index < -0.39 is 0 Å². The van der Waals surface area contributed by atoms with Crippen molar-refractivity contribution in [2.24, 2.45) is 5.92 Å². The van der Waals surface area contributed by atoms with Crippen molar-refractivity contribution in [2.75, 3.05) is 18.0 Å². The van der Waals surface area contributed by atoms with Gasteiger partial charge in [-0.05, 0) is 68.9 Å². The summed E-state index contributed by atoms with van der Waals surface area (Å²) in [5.41, 5.74) is 3.72. The van der Waals surface area contributed by atoms with Crippen LogP contribution >= 0.6 is 11.6 Å². The maximum Gasteiger partial charge on any atom is 0.258 e. The average molecular weight is 409 g/mol. The standard InChI is InChI=1S/C23H25ClN4O/c1-16-12-23(29)28(17(2)26-16)20-5-6-22(21(24)14-20)27-10-7-18(8-11-27)13-19-4-3-9-25-15-19/h3-6,9,12,14-15,18H,7-8,10-11,13H2,1-2H3. The highest BCUT2D eigenvalue weighted by molar-refractivity contribution is 6.33. The Labute approximate surface area is 176 Å². The molecule has 1 aliphatic rings. The van der Waals surface area contributed by atoms with Gasteiger partial charge in [0, 0.05) is 37.2 Å². The summed E-state index contributed by atoms with van der Waals surface area (Å²) in [5.74, 6) is 1.34. The smallest absolute Gasteiger partial charge is 0.258 e. The van der Waals surface area contributed by atoms with E-state index in [0.717, 1.165) is 49.4 Å². The number of nitrogens with zero attached hydrogens (tertiary/aromatic N) is 4. The molecule has 0 bridgehead atoms. The highest BCUT2D eigenvalue weighted by Crippen LogP contribution is 2.32. The lowest BCUT2D eigenvalue weighted by atomic mass is 9.90. The quantitative estimate of drug-likeness (QED) is 0.643. The van der Waals surface area contributed by atoms with Crippen LogP contribution in [0.2, 0.25) is 5.02 Å². The van der Waals surface area contributed by atoms with E-state index in [9.17, 15) is 4.79 Å². The Balaban J connectivity index is 1.48. The molecular weight excluding hydrogens is 384 g/mol. The zero-order valence-corrected chi connectivity index (χ0v) is 17.6. The minimum absolute atomic E-state index is 0.0879. The lowest BCUT2D eigenvalue weighted by Gasteiger charge is -2.34. The summed E-state index contributed by atoms with van der Waals surface area (Å²) in [6.45, 7) is 5.63. The van der Waals surface area contributed by atoms with Crippen LogP contribution in [-0.2, 0) is 6.42 Å². The predicted molar refractivity (Wildman–Crippen MR) is 117 cm³/mol. The Kier molecular flexibility index (Phi) is 5.67. The molecule has 0 radical (unpaired) electrons. The van der Waals surface area contributed by atoms with E-state index in [1.165, 1.54) is 5.56 Å². The van der Waals surface area contributed by atoms with Crippen LogP contribution in [0.5, 0.6) is 0 Å². The molecule has 3 heterocycles. The number of hydrogen-bond donors (Lipinski definition) is 0. The zero-order chi connectivity index (χ0) is 20.4. The summed E-state index contributed by atoms with van der Waals surface area (Å²) in [6, 6.07) is 11.5. The number of piperidine rings is 1. The first-order valence-electron chi connectivity index (χ1n) is 10.0. The van der Waals surface area contributed by atoms with Crippen molar-refractivity contribution in [1.29, 1.82) is 0 Å². The van der Waals surface area contributed by atoms with E-state index in [1.54, 1.807) is 10.6 Å². The average Bonchev–Trinajstić information content (AvgIpc) is 2.69. The molecule has 0 unspecified atom stereocenters. The van der Waals surface area contributed by atoms with Crippen molar-refractivity contribution in [3.63, 3.8) is 0 Å². The Morgan fingerprint density at radius 2 is 1.93 bits per heavy atom. The molecule has 5 nitrogen and oxygen atoms in total. The first-order valence-corrected chi connectivity index (χ1v) is 10.4. The highest BCUT2D eigenvalue weighted by atomic mass is 35.5. The molecule has 1 fully saturated rings. The Hall–Kier alpha value is -2.66. The van der Waals surface area contributed by atoms with E-state index in [1.807, 2.05) is 50.5 Å². The van der Waals surface area contributed by atoms with Crippen molar-refractivity contribution in [3.8, 4) is 5.69 Å². The maximum absolute atomic E-state index is 12.4. The van der Waals surface area contributed by atoms with Gasteiger partial charge in [-0.1, -0.05) is 17.7 Å². The molecule has 2 aromatic heterocycles. The Bertz CT molecular complexity index is 1060. The third-order valence-electron chi connectivity index (χ3n) is 5.61. The first-order chi connectivity index (χ1) is 14.0. The van der Waals surface area contributed by atoms with E-state index in [4.69, 9.17) is 11.6 Å². The highest BCUT2D eigenvalue weighted by Gasteiger charge is 2.21. The van der Waals surface area contributed by atoms with Crippen LogP contribution in [0.15, 0.2) is 53.6 Å². The zero-order valence-electron chi connectivity index (χ0n) is 16.8. The molecule has 6 heteroatoms. The fraction of sp³-hybridized carbons (Fsp3) is 0.348. The monoisotopic (exact) mass is 408 g/mol. The summed E-state index contributed by atoms with van der Waals surface area (Å²) < 4.78 is 1.60. The van der Waals surface area contributed by atoms with E-state index >= 15 is 0 Å². The number of hydrogen-bond acceptors (Lipinski definition) is 4. The van der Waals surface area contributed by atoms with Gasteiger partial charge in [0.25, 0.3) is 5.56 Å². The maximum atomic E-state index is 12.4. The van der Waals surface area contributed by atoms with Crippen molar-refractivity contribution in [1.82, 2.24) is 14.5 Å². The molecule has 1 aliphatic heterocycles. The van der Waals surface area contributed by atoms with Crippen molar-refractivity contribution >= 4 is 17.3 Å². The van der Waals surface area contributed by atoms with Gasteiger partial charge in [0.2, 0.25) is 0 Å². The molecule has 0 N–H and O–H groups in total. The second kappa shape index (κ2) is 8.37. The number of pyridine rings is 1. The minimum Gasteiger partial charge on any atom is -0.370 e. The number of anilines is 1. The summed E-state index contributed by atoms with van der Waals surface area (Å²) in [7, 11) is 0.